The Morgan fingerprint density at radius 3 is 3.00 bits per heavy atom. The van der Waals surface area contributed by atoms with Gasteiger partial charge in [0, 0.05) is 17.8 Å². The highest BCUT2D eigenvalue weighted by atomic mass is 35.5. The van der Waals surface area contributed by atoms with Crippen molar-refractivity contribution in [1.82, 2.24) is 4.98 Å². The van der Waals surface area contributed by atoms with E-state index < -0.39 is 0 Å². The van der Waals surface area contributed by atoms with Gasteiger partial charge in [-0.05, 0) is 18.6 Å². The lowest BCUT2D eigenvalue weighted by Gasteiger charge is -2.39. The quantitative estimate of drug-likeness (QED) is 0.787. The molecule has 5 heteroatoms. The Kier molecular flexibility index (Phi) is 2.29. The SMILES string of the molecule is NC(=O)C1CCN1c1cc(Cl)ccn1. The summed E-state index contributed by atoms with van der Waals surface area (Å²) in [6, 6.07) is 3.21. The highest BCUT2D eigenvalue weighted by Gasteiger charge is 2.33. The number of nitrogens with zero attached hydrogens (tertiary/aromatic N) is 2. The number of anilines is 1. The molecule has 1 saturated heterocycles. The van der Waals surface area contributed by atoms with Crippen LogP contribution in [0.1, 0.15) is 6.42 Å². The van der Waals surface area contributed by atoms with Crippen LogP contribution in [0.3, 0.4) is 0 Å². The van der Waals surface area contributed by atoms with Crippen molar-refractivity contribution in [2.24, 2.45) is 5.73 Å². The molecule has 74 valence electrons. The summed E-state index contributed by atoms with van der Waals surface area (Å²) in [5.41, 5.74) is 5.22. The van der Waals surface area contributed by atoms with E-state index in [4.69, 9.17) is 17.3 Å². The molecule has 2 rings (SSSR count). The highest BCUT2D eigenvalue weighted by molar-refractivity contribution is 6.30. The van der Waals surface area contributed by atoms with Gasteiger partial charge in [-0.2, -0.15) is 0 Å². The summed E-state index contributed by atoms with van der Waals surface area (Å²) >= 11 is 5.81. The first-order valence-corrected chi connectivity index (χ1v) is 4.74. The topological polar surface area (TPSA) is 59.2 Å². The fraction of sp³-hybridized carbons (Fsp3) is 0.333. The molecule has 1 aliphatic rings. The van der Waals surface area contributed by atoms with E-state index in [1.165, 1.54) is 0 Å². The first-order chi connectivity index (χ1) is 6.68. The van der Waals surface area contributed by atoms with Crippen LogP contribution in [0.25, 0.3) is 0 Å². The molecule has 1 fully saturated rings. The van der Waals surface area contributed by atoms with Gasteiger partial charge in [0.25, 0.3) is 0 Å². The maximum absolute atomic E-state index is 11.0. The first-order valence-electron chi connectivity index (χ1n) is 4.36. The summed E-state index contributed by atoms with van der Waals surface area (Å²) in [5, 5.41) is 0.616. The number of hydrogen-bond donors (Lipinski definition) is 1. The van der Waals surface area contributed by atoms with E-state index in [-0.39, 0.29) is 11.9 Å². The van der Waals surface area contributed by atoms with Crippen LogP contribution in [0.15, 0.2) is 18.3 Å². The smallest absolute Gasteiger partial charge is 0.240 e. The van der Waals surface area contributed by atoms with Crippen LogP contribution < -0.4 is 10.6 Å². The molecule has 1 aliphatic heterocycles. The molecular formula is C9H10ClN3O. The average molecular weight is 212 g/mol. The van der Waals surface area contributed by atoms with Crippen molar-refractivity contribution in [2.75, 3.05) is 11.4 Å². The summed E-state index contributed by atoms with van der Waals surface area (Å²) < 4.78 is 0. The number of amides is 1. The molecule has 1 aromatic heterocycles. The third-order valence-electron chi connectivity index (χ3n) is 2.35. The number of carbonyl (C=O) groups excluding carboxylic acids is 1. The molecule has 0 radical (unpaired) electrons. The number of primary amides is 1. The Hall–Kier alpha value is -1.29. The van der Waals surface area contributed by atoms with Gasteiger partial charge < -0.3 is 10.6 Å². The fourth-order valence-corrected chi connectivity index (χ4v) is 1.66. The summed E-state index contributed by atoms with van der Waals surface area (Å²) in [5.74, 6) is 0.408. The van der Waals surface area contributed by atoms with Gasteiger partial charge in [-0.1, -0.05) is 11.6 Å². The molecule has 0 aromatic carbocycles. The summed E-state index contributed by atoms with van der Waals surface area (Å²) in [6.07, 6.45) is 2.41. The molecule has 1 amide bonds. The van der Waals surface area contributed by atoms with E-state index in [9.17, 15) is 4.79 Å². The van der Waals surface area contributed by atoms with Crippen molar-refractivity contribution in [3.63, 3.8) is 0 Å². The van der Waals surface area contributed by atoms with Gasteiger partial charge in [0.15, 0.2) is 0 Å². The largest absolute Gasteiger partial charge is 0.368 e. The van der Waals surface area contributed by atoms with E-state index in [1.807, 2.05) is 4.90 Å². The third-order valence-corrected chi connectivity index (χ3v) is 2.59. The lowest BCUT2D eigenvalue weighted by atomic mass is 10.0. The Morgan fingerprint density at radius 2 is 2.50 bits per heavy atom. The predicted octanol–water partition coefficient (Wildman–Crippen LogP) is 0.799. The average Bonchev–Trinajstić information content (AvgIpc) is 2.00. The van der Waals surface area contributed by atoms with Crippen LogP contribution in [0.4, 0.5) is 5.82 Å². The minimum absolute atomic E-state index is 0.221. The number of halogens is 1. The van der Waals surface area contributed by atoms with Crippen LogP contribution in [0.2, 0.25) is 5.02 Å². The minimum Gasteiger partial charge on any atom is -0.368 e. The van der Waals surface area contributed by atoms with Crippen LogP contribution in [0.5, 0.6) is 0 Å². The van der Waals surface area contributed by atoms with E-state index in [2.05, 4.69) is 4.98 Å². The van der Waals surface area contributed by atoms with Gasteiger partial charge in [0.1, 0.15) is 11.9 Å². The van der Waals surface area contributed by atoms with E-state index >= 15 is 0 Å². The normalized spacial score (nSPS) is 20.4. The van der Waals surface area contributed by atoms with Crippen molar-refractivity contribution in [2.45, 2.75) is 12.5 Å². The van der Waals surface area contributed by atoms with Crippen molar-refractivity contribution in [3.8, 4) is 0 Å². The van der Waals surface area contributed by atoms with Crippen LogP contribution in [0, 0.1) is 0 Å². The van der Waals surface area contributed by atoms with E-state index in [0.29, 0.717) is 10.8 Å². The second kappa shape index (κ2) is 3.46. The molecule has 1 aromatic rings. The molecule has 2 heterocycles. The second-order valence-corrected chi connectivity index (χ2v) is 3.67. The number of nitrogens with two attached hydrogens (primary N) is 1. The van der Waals surface area contributed by atoms with Gasteiger partial charge in [0.05, 0.1) is 0 Å². The van der Waals surface area contributed by atoms with Gasteiger partial charge >= 0.3 is 0 Å². The zero-order valence-corrected chi connectivity index (χ0v) is 8.24. The number of carbonyl (C=O) groups is 1. The Balaban J connectivity index is 2.20. The van der Waals surface area contributed by atoms with Crippen molar-refractivity contribution >= 4 is 23.3 Å². The number of aromatic nitrogens is 1. The van der Waals surface area contributed by atoms with Crippen LogP contribution in [-0.2, 0) is 4.79 Å². The second-order valence-electron chi connectivity index (χ2n) is 3.23. The monoisotopic (exact) mass is 211 g/mol. The maximum atomic E-state index is 11.0. The Labute approximate surface area is 86.7 Å². The van der Waals surface area contributed by atoms with Crippen LogP contribution in [-0.4, -0.2) is 23.5 Å². The number of hydrogen-bond acceptors (Lipinski definition) is 3. The van der Waals surface area contributed by atoms with Crippen molar-refractivity contribution in [1.29, 1.82) is 0 Å². The summed E-state index contributed by atoms with van der Waals surface area (Å²) in [6.45, 7) is 0.806. The van der Waals surface area contributed by atoms with E-state index in [1.54, 1.807) is 18.3 Å². The molecule has 14 heavy (non-hydrogen) atoms. The summed E-state index contributed by atoms with van der Waals surface area (Å²) in [7, 11) is 0. The molecule has 0 bridgehead atoms. The Morgan fingerprint density at radius 1 is 1.71 bits per heavy atom. The van der Waals surface area contributed by atoms with E-state index in [0.717, 1.165) is 13.0 Å². The molecule has 0 spiro atoms. The molecule has 2 N–H and O–H groups in total. The maximum Gasteiger partial charge on any atom is 0.240 e. The molecule has 0 saturated carbocycles. The van der Waals surface area contributed by atoms with Gasteiger partial charge in [0.2, 0.25) is 5.91 Å². The highest BCUT2D eigenvalue weighted by Crippen LogP contribution is 2.25. The van der Waals surface area contributed by atoms with Gasteiger partial charge in [-0.3, -0.25) is 4.79 Å². The lowest BCUT2D eigenvalue weighted by Crippen LogP contribution is -2.55. The molecular weight excluding hydrogens is 202 g/mol. The van der Waals surface area contributed by atoms with Gasteiger partial charge in [-0.15, -0.1) is 0 Å². The molecule has 1 unspecified atom stereocenters. The van der Waals surface area contributed by atoms with Crippen molar-refractivity contribution < 1.29 is 4.79 Å². The third kappa shape index (κ3) is 1.53. The standard InChI is InChI=1S/C9H10ClN3O/c10-6-1-3-12-8(5-6)13-4-2-7(13)9(11)14/h1,3,5,7H,2,4H2,(H2,11,14). The molecule has 1 atom stereocenters. The Bertz CT molecular complexity index is 369. The minimum atomic E-state index is -0.307. The molecule has 0 aliphatic carbocycles. The lowest BCUT2D eigenvalue weighted by molar-refractivity contribution is -0.120. The summed E-state index contributed by atoms with van der Waals surface area (Å²) in [4.78, 5) is 17.0. The van der Waals surface area contributed by atoms with Crippen molar-refractivity contribution in [3.05, 3.63) is 23.4 Å². The zero-order valence-electron chi connectivity index (χ0n) is 7.48. The van der Waals surface area contributed by atoms with Gasteiger partial charge in [-0.25, -0.2) is 4.98 Å². The number of rotatable bonds is 2. The predicted molar refractivity (Wildman–Crippen MR) is 54.2 cm³/mol. The fourth-order valence-electron chi connectivity index (χ4n) is 1.51. The van der Waals surface area contributed by atoms with Crippen LogP contribution >= 0.6 is 11.6 Å². The zero-order chi connectivity index (χ0) is 10.1. The number of pyridine rings is 1. The molecule has 4 nitrogen and oxygen atoms in total. The first kappa shape index (κ1) is 9.27.